The molecule has 0 bridgehead atoms. The van der Waals surface area contributed by atoms with Gasteiger partial charge >= 0.3 is 6.03 Å². The Morgan fingerprint density at radius 3 is 2.79 bits per heavy atom. The van der Waals surface area contributed by atoms with E-state index in [4.69, 9.17) is 4.42 Å². The van der Waals surface area contributed by atoms with E-state index in [-0.39, 0.29) is 17.9 Å². The molecule has 0 aliphatic carbocycles. The van der Waals surface area contributed by atoms with Crippen LogP contribution in [0.25, 0.3) is 0 Å². The van der Waals surface area contributed by atoms with E-state index in [2.05, 4.69) is 25.7 Å². The van der Waals surface area contributed by atoms with Crippen molar-refractivity contribution in [1.82, 2.24) is 20.4 Å². The van der Waals surface area contributed by atoms with Crippen LogP contribution in [0.1, 0.15) is 25.1 Å². The van der Waals surface area contributed by atoms with Crippen molar-refractivity contribution in [3.8, 4) is 0 Å². The molecule has 7 nitrogen and oxygen atoms in total. The first-order valence-corrected chi connectivity index (χ1v) is 7.99. The van der Waals surface area contributed by atoms with Crippen molar-refractivity contribution >= 4 is 11.7 Å². The normalized spacial score (nSPS) is 17.8. The van der Waals surface area contributed by atoms with Crippen molar-refractivity contribution in [3.63, 3.8) is 0 Å². The molecule has 0 unspecified atom stereocenters. The van der Waals surface area contributed by atoms with Gasteiger partial charge in [-0.1, -0.05) is 6.92 Å². The van der Waals surface area contributed by atoms with E-state index in [1.807, 2.05) is 6.92 Å². The van der Waals surface area contributed by atoms with Crippen LogP contribution in [-0.4, -0.2) is 40.3 Å². The molecular formula is C16H20FN5O2. The molecule has 1 aliphatic rings. The molecule has 1 aromatic carbocycles. The van der Waals surface area contributed by atoms with Crippen molar-refractivity contribution in [1.29, 1.82) is 0 Å². The van der Waals surface area contributed by atoms with Crippen LogP contribution in [0.3, 0.4) is 0 Å². The zero-order valence-electron chi connectivity index (χ0n) is 13.5. The van der Waals surface area contributed by atoms with Crippen LogP contribution in [-0.2, 0) is 13.0 Å². The number of amides is 2. The van der Waals surface area contributed by atoms with Gasteiger partial charge in [-0.3, -0.25) is 4.90 Å². The fraction of sp³-hybridized carbons (Fsp3) is 0.438. The van der Waals surface area contributed by atoms with Gasteiger partial charge in [0.1, 0.15) is 5.82 Å². The first-order valence-electron chi connectivity index (χ1n) is 7.99. The smallest absolute Gasteiger partial charge is 0.319 e. The van der Waals surface area contributed by atoms with E-state index in [9.17, 15) is 9.18 Å². The zero-order valence-corrected chi connectivity index (χ0v) is 13.5. The third kappa shape index (κ3) is 4.29. The average molecular weight is 333 g/mol. The van der Waals surface area contributed by atoms with Gasteiger partial charge in [0, 0.05) is 31.2 Å². The summed E-state index contributed by atoms with van der Waals surface area (Å²) in [6, 6.07) is 5.43. The molecule has 2 N–H and O–H groups in total. The number of nitrogens with one attached hydrogen (secondary N) is 2. The molecule has 0 saturated carbocycles. The van der Waals surface area contributed by atoms with E-state index in [0.717, 1.165) is 25.9 Å². The molecule has 2 amide bonds. The molecule has 1 aromatic heterocycles. The number of hydrogen-bond acceptors (Lipinski definition) is 5. The molecule has 1 saturated heterocycles. The van der Waals surface area contributed by atoms with Gasteiger partial charge in [-0.2, -0.15) is 0 Å². The van der Waals surface area contributed by atoms with Crippen LogP contribution >= 0.6 is 0 Å². The number of anilines is 1. The highest BCUT2D eigenvalue weighted by atomic mass is 19.1. The van der Waals surface area contributed by atoms with Crippen LogP contribution in [0, 0.1) is 5.82 Å². The van der Waals surface area contributed by atoms with Gasteiger partial charge in [-0.05, 0) is 30.7 Å². The van der Waals surface area contributed by atoms with Crippen molar-refractivity contribution in [2.45, 2.75) is 32.4 Å². The van der Waals surface area contributed by atoms with E-state index in [1.54, 1.807) is 0 Å². The summed E-state index contributed by atoms with van der Waals surface area (Å²) in [4.78, 5) is 14.1. The number of hydrogen-bond donors (Lipinski definition) is 2. The minimum Gasteiger partial charge on any atom is -0.424 e. The lowest BCUT2D eigenvalue weighted by Crippen LogP contribution is -2.39. The number of benzene rings is 1. The summed E-state index contributed by atoms with van der Waals surface area (Å²) < 4.78 is 18.4. The molecule has 0 spiro atoms. The number of carbonyl (C=O) groups excluding carboxylic acids is 1. The number of rotatable bonds is 5. The van der Waals surface area contributed by atoms with Crippen LogP contribution < -0.4 is 10.6 Å². The van der Waals surface area contributed by atoms with Gasteiger partial charge in [-0.15, -0.1) is 10.2 Å². The second kappa shape index (κ2) is 7.39. The topological polar surface area (TPSA) is 83.3 Å². The summed E-state index contributed by atoms with van der Waals surface area (Å²) in [5.41, 5.74) is 0.557. The third-order valence-electron chi connectivity index (χ3n) is 3.88. The predicted molar refractivity (Wildman–Crippen MR) is 85.9 cm³/mol. The Kier molecular flexibility index (Phi) is 5.05. The standard InChI is InChI=1S/C16H20FN5O2/c1-2-14-20-21-15(24-14)10-22-8-7-13(9-22)19-16(23)18-12-5-3-11(17)4-6-12/h3-6,13H,2,7-10H2,1H3,(H2,18,19,23)/t13-/m0/s1. The minimum absolute atomic E-state index is 0.0546. The van der Waals surface area contributed by atoms with E-state index in [0.29, 0.717) is 24.0 Å². The molecule has 2 aromatic rings. The van der Waals surface area contributed by atoms with Gasteiger partial charge in [0.25, 0.3) is 0 Å². The monoisotopic (exact) mass is 333 g/mol. The molecule has 1 atom stereocenters. The number of aromatic nitrogens is 2. The highest BCUT2D eigenvalue weighted by Gasteiger charge is 2.25. The molecule has 1 fully saturated rings. The number of halogens is 1. The highest BCUT2D eigenvalue weighted by molar-refractivity contribution is 5.89. The summed E-state index contributed by atoms with van der Waals surface area (Å²) in [6.45, 7) is 4.13. The van der Waals surface area contributed by atoms with Crippen molar-refractivity contribution in [2.75, 3.05) is 18.4 Å². The minimum atomic E-state index is -0.334. The Hall–Kier alpha value is -2.48. The molecule has 2 heterocycles. The molecule has 8 heteroatoms. The number of likely N-dealkylation sites (tertiary alicyclic amines) is 1. The maximum absolute atomic E-state index is 12.8. The van der Waals surface area contributed by atoms with Crippen LogP contribution in [0.2, 0.25) is 0 Å². The fourth-order valence-corrected chi connectivity index (χ4v) is 2.67. The molecule has 24 heavy (non-hydrogen) atoms. The lowest BCUT2D eigenvalue weighted by Gasteiger charge is -2.15. The summed E-state index contributed by atoms with van der Waals surface area (Å²) >= 11 is 0. The van der Waals surface area contributed by atoms with Crippen LogP contribution in [0.5, 0.6) is 0 Å². The van der Waals surface area contributed by atoms with Crippen LogP contribution in [0.15, 0.2) is 28.7 Å². The fourth-order valence-electron chi connectivity index (χ4n) is 2.67. The maximum Gasteiger partial charge on any atom is 0.319 e. The number of carbonyl (C=O) groups is 1. The Labute approximate surface area is 139 Å². The second-order valence-corrected chi connectivity index (χ2v) is 5.77. The largest absolute Gasteiger partial charge is 0.424 e. The van der Waals surface area contributed by atoms with E-state index in [1.165, 1.54) is 24.3 Å². The van der Waals surface area contributed by atoms with Gasteiger partial charge in [0.05, 0.1) is 6.54 Å². The molecule has 0 radical (unpaired) electrons. The number of nitrogens with zero attached hydrogens (tertiary/aromatic N) is 3. The van der Waals surface area contributed by atoms with Gasteiger partial charge in [0.15, 0.2) is 0 Å². The van der Waals surface area contributed by atoms with Crippen molar-refractivity contribution < 1.29 is 13.6 Å². The quantitative estimate of drug-likeness (QED) is 0.876. The Bertz CT molecular complexity index is 688. The summed E-state index contributed by atoms with van der Waals surface area (Å²) in [7, 11) is 0. The average Bonchev–Trinajstić information content (AvgIpc) is 3.19. The van der Waals surface area contributed by atoms with Gasteiger partial charge < -0.3 is 15.1 Å². The number of aryl methyl sites for hydroxylation is 1. The predicted octanol–water partition coefficient (Wildman–Crippen LogP) is 2.17. The lowest BCUT2D eigenvalue weighted by atomic mass is 10.3. The first-order chi connectivity index (χ1) is 11.6. The van der Waals surface area contributed by atoms with Gasteiger partial charge in [0.2, 0.25) is 11.8 Å². The molecule has 128 valence electrons. The second-order valence-electron chi connectivity index (χ2n) is 5.77. The lowest BCUT2D eigenvalue weighted by molar-refractivity contribution is 0.246. The Balaban J connectivity index is 1.45. The van der Waals surface area contributed by atoms with Crippen molar-refractivity contribution in [3.05, 3.63) is 41.9 Å². The highest BCUT2D eigenvalue weighted by Crippen LogP contribution is 2.14. The van der Waals surface area contributed by atoms with E-state index >= 15 is 0 Å². The summed E-state index contributed by atoms with van der Waals surface area (Å²) in [5.74, 6) is 0.903. The molecule has 3 rings (SSSR count). The Morgan fingerprint density at radius 2 is 2.08 bits per heavy atom. The number of urea groups is 1. The SMILES string of the molecule is CCc1nnc(CN2CC[C@H](NC(=O)Nc3ccc(F)cc3)C2)o1. The third-order valence-corrected chi connectivity index (χ3v) is 3.88. The summed E-state index contributed by atoms with van der Waals surface area (Å²) in [6.07, 6.45) is 1.58. The summed E-state index contributed by atoms with van der Waals surface area (Å²) in [5, 5.41) is 13.6. The maximum atomic E-state index is 12.8. The molecular weight excluding hydrogens is 313 g/mol. The van der Waals surface area contributed by atoms with Gasteiger partial charge in [-0.25, -0.2) is 9.18 Å². The Morgan fingerprint density at radius 1 is 1.33 bits per heavy atom. The zero-order chi connectivity index (χ0) is 16.9. The van der Waals surface area contributed by atoms with Crippen LogP contribution in [0.4, 0.5) is 14.9 Å². The first kappa shape index (κ1) is 16.4. The molecule has 1 aliphatic heterocycles. The van der Waals surface area contributed by atoms with Crippen molar-refractivity contribution in [2.24, 2.45) is 0 Å². The van der Waals surface area contributed by atoms with E-state index < -0.39 is 0 Å².